The van der Waals surface area contributed by atoms with Crippen molar-refractivity contribution in [2.45, 2.75) is 85.2 Å². The van der Waals surface area contributed by atoms with Gasteiger partial charge in [0.1, 0.15) is 5.60 Å². The van der Waals surface area contributed by atoms with Gasteiger partial charge in [0.25, 0.3) is 0 Å². The molecule has 0 aromatic heterocycles. The molecule has 0 amide bonds. The molecule has 4 aliphatic rings. The van der Waals surface area contributed by atoms with Crippen LogP contribution in [0.1, 0.15) is 79.6 Å². The second kappa shape index (κ2) is 5.48. The highest BCUT2D eigenvalue weighted by Gasteiger charge is 2.64. The topological polar surface area (TPSA) is 26.3 Å². The molecule has 4 fully saturated rings. The molecule has 6 atom stereocenters. The zero-order valence-electron chi connectivity index (χ0n) is 16.3. The molecular formula is C22H36O2. The summed E-state index contributed by atoms with van der Waals surface area (Å²) in [5.41, 5.74) is -0.508. The zero-order chi connectivity index (χ0) is 17.3. The molecular weight excluding hydrogens is 296 g/mol. The third-order valence-corrected chi connectivity index (χ3v) is 8.97. The highest BCUT2D eigenvalue weighted by Crippen LogP contribution is 2.69. The van der Waals surface area contributed by atoms with Crippen LogP contribution in [0.25, 0.3) is 0 Å². The van der Waals surface area contributed by atoms with Crippen LogP contribution in [-0.2, 0) is 9.53 Å². The molecule has 0 aromatic carbocycles. The maximum Gasteiger partial charge on any atom is 0.312 e. The maximum absolute atomic E-state index is 12.8. The number of rotatable bonds is 4. The Bertz CT molecular complexity index is 496. The number of esters is 1. The van der Waals surface area contributed by atoms with Crippen LogP contribution in [0.4, 0.5) is 0 Å². The number of ether oxygens (including phenoxy) is 1. The molecule has 4 aliphatic carbocycles. The molecule has 0 aromatic rings. The molecule has 4 rings (SSSR count). The number of hydrogen-bond donors (Lipinski definition) is 0. The van der Waals surface area contributed by atoms with E-state index in [1.807, 2.05) is 13.8 Å². The lowest BCUT2D eigenvalue weighted by Gasteiger charge is -2.42. The maximum atomic E-state index is 12.8. The summed E-state index contributed by atoms with van der Waals surface area (Å²) in [7, 11) is 0. The van der Waals surface area contributed by atoms with E-state index in [0.29, 0.717) is 0 Å². The van der Waals surface area contributed by atoms with E-state index in [2.05, 4.69) is 20.8 Å². The van der Waals surface area contributed by atoms with Crippen LogP contribution in [0.3, 0.4) is 0 Å². The average molecular weight is 333 g/mol. The summed E-state index contributed by atoms with van der Waals surface area (Å²) < 4.78 is 6.31. The Balaban J connectivity index is 1.56. The van der Waals surface area contributed by atoms with Crippen molar-refractivity contribution in [1.29, 1.82) is 0 Å². The van der Waals surface area contributed by atoms with Gasteiger partial charge in [0.05, 0.1) is 5.41 Å². The van der Waals surface area contributed by atoms with Crippen molar-refractivity contribution in [2.75, 3.05) is 0 Å². The number of carbonyl (C=O) groups is 1. The van der Waals surface area contributed by atoms with E-state index in [9.17, 15) is 4.79 Å². The first kappa shape index (κ1) is 16.9. The Morgan fingerprint density at radius 2 is 1.62 bits per heavy atom. The van der Waals surface area contributed by atoms with Crippen molar-refractivity contribution >= 4 is 5.97 Å². The Morgan fingerprint density at radius 3 is 2.08 bits per heavy atom. The molecule has 136 valence electrons. The fourth-order valence-electron chi connectivity index (χ4n) is 7.32. The quantitative estimate of drug-likeness (QED) is 0.505. The van der Waals surface area contributed by atoms with Crippen molar-refractivity contribution in [3.63, 3.8) is 0 Å². The number of carbonyl (C=O) groups excluding carboxylic acids is 1. The third-order valence-electron chi connectivity index (χ3n) is 8.97. The van der Waals surface area contributed by atoms with Crippen molar-refractivity contribution in [1.82, 2.24) is 0 Å². The van der Waals surface area contributed by atoms with Gasteiger partial charge in [-0.05, 0) is 100 Å². The van der Waals surface area contributed by atoms with Crippen molar-refractivity contribution in [3.05, 3.63) is 0 Å². The van der Waals surface area contributed by atoms with Gasteiger partial charge in [-0.25, -0.2) is 0 Å². The van der Waals surface area contributed by atoms with Gasteiger partial charge >= 0.3 is 5.97 Å². The summed E-state index contributed by atoms with van der Waals surface area (Å²) in [6.45, 7) is 10.9. The van der Waals surface area contributed by atoms with Crippen LogP contribution in [0.2, 0.25) is 0 Å². The predicted octanol–water partition coefficient (Wildman–Crippen LogP) is 5.45. The highest BCUT2D eigenvalue weighted by molar-refractivity contribution is 5.76. The van der Waals surface area contributed by atoms with E-state index in [1.54, 1.807) is 0 Å². The van der Waals surface area contributed by atoms with Gasteiger partial charge in [0, 0.05) is 0 Å². The second-order valence-electron chi connectivity index (χ2n) is 10.2. The Kier molecular flexibility index (Phi) is 3.86. The minimum atomic E-state index is -0.345. The molecule has 0 radical (unpaired) electrons. The normalized spacial score (nSPS) is 49.3. The van der Waals surface area contributed by atoms with Gasteiger partial charge in [-0.15, -0.1) is 0 Å². The molecule has 2 heteroatoms. The van der Waals surface area contributed by atoms with Gasteiger partial charge in [-0.3, -0.25) is 4.79 Å². The van der Waals surface area contributed by atoms with Crippen LogP contribution in [0.5, 0.6) is 0 Å². The molecule has 6 unspecified atom stereocenters. The van der Waals surface area contributed by atoms with Crippen molar-refractivity contribution in [3.8, 4) is 0 Å². The van der Waals surface area contributed by atoms with Crippen LogP contribution in [-0.4, -0.2) is 11.6 Å². The summed E-state index contributed by atoms with van der Waals surface area (Å²) in [6, 6.07) is 0. The van der Waals surface area contributed by atoms with Gasteiger partial charge in [-0.1, -0.05) is 20.8 Å². The Labute approximate surface area is 148 Å². The highest BCUT2D eigenvalue weighted by atomic mass is 16.6. The molecule has 0 saturated heterocycles. The van der Waals surface area contributed by atoms with E-state index in [4.69, 9.17) is 4.74 Å². The summed E-state index contributed by atoms with van der Waals surface area (Å²) in [4.78, 5) is 12.8. The largest absolute Gasteiger partial charge is 0.459 e. The zero-order valence-corrected chi connectivity index (χ0v) is 16.3. The smallest absolute Gasteiger partial charge is 0.312 e. The Hall–Kier alpha value is -0.530. The van der Waals surface area contributed by atoms with Gasteiger partial charge in [0.2, 0.25) is 0 Å². The van der Waals surface area contributed by atoms with E-state index in [0.717, 1.165) is 67.1 Å². The van der Waals surface area contributed by atoms with Gasteiger partial charge < -0.3 is 4.74 Å². The standard InChI is InChI=1S/C22H36O2/c1-6-21(4,5)20(23)24-22(7-2)11-14-10-15(12-22)19-17-9-8-16(13(17)3)18(14)19/h13-19H,6-12H2,1-5H3. The number of hydrogen-bond acceptors (Lipinski definition) is 2. The summed E-state index contributed by atoms with van der Waals surface area (Å²) in [5, 5.41) is 0. The first-order valence-corrected chi connectivity index (χ1v) is 10.6. The number of fused-ring (bicyclic) bond motifs is 9. The van der Waals surface area contributed by atoms with Crippen LogP contribution in [0.15, 0.2) is 0 Å². The minimum Gasteiger partial charge on any atom is -0.459 e. The van der Waals surface area contributed by atoms with E-state index < -0.39 is 0 Å². The second-order valence-corrected chi connectivity index (χ2v) is 10.2. The molecule has 0 N–H and O–H groups in total. The molecule has 0 aliphatic heterocycles. The molecule has 0 heterocycles. The van der Waals surface area contributed by atoms with Gasteiger partial charge in [-0.2, -0.15) is 0 Å². The molecule has 0 spiro atoms. The Morgan fingerprint density at radius 1 is 1.08 bits per heavy atom. The van der Waals surface area contributed by atoms with Crippen molar-refractivity contribution in [2.24, 2.45) is 46.8 Å². The SMILES string of the molecule is CCC1(OC(=O)C(C)(C)CC)CC2CC(C1)C1C3CCC(C3C)C21. The van der Waals surface area contributed by atoms with E-state index in [-0.39, 0.29) is 17.0 Å². The molecule has 4 saturated carbocycles. The molecule has 4 bridgehead atoms. The van der Waals surface area contributed by atoms with Crippen molar-refractivity contribution < 1.29 is 9.53 Å². The lowest BCUT2D eigenvalue weighted by atomic mass is 9.72. The van der Waals surface area contributed by atoms with E-state index in [1.165, 1.54) is 19.3 Å². The first-order valence-electron chi connectivity index (χ1n) is 10.6. The predicted molar refractivity (Wildman–Crippen MR) is 96.4 cm³/mol. The summed E-state index contributed by atoms with van der Waals surface area (Å²) >= 11 is 0. The van der Waals surface area contributed by atoms with Gasteiger partial charge in [0.15, 0.2) is 0 Å². The first-order chi connectivity index (χ1) is 11.3. The fraction of sp³-hybridized carbons (Fsp3) is 0.955. The van der Waals surface area contributed by atoms with E-state index >= 15 is 0 Å². The third kappa shape index (κ3) is 2.23. The minimum absolute atomic E-state index is 0.0367. The van der Waals surface area contributed by atoms with Crippen LogP contribution >= 0.6 is 0 Å². The fourth-order valence-corrected chi connectivity index (χ4v) is 7.32. The van der Waals surface area contributed by atoms with Crippen LogP contribution < -0.4 is 0 Å². The lowest BCUT2D eigenvalue weighted by Crippen LogP contribution is -2.44. The summed E-state index contributed by atoms with van der Waals surface area (Å²) in [6.07, 6.45) is 8.49. The average Bonchev–Trinajstić information content (AvgIpc) is 3.16. The lowest BCUT2D eigenvalue weighted by molar-refractivity contribution is -0.178. The monoisotopic (exact) mass is 332 g/mol. The van der Waals surface area contributed by atoms with Crippen LogP contribution in [0, 0.1) is 46.8 Å². The molecule has 2 nitrogen and oxygen atoms in total. The summed E-state index contributed by atoms with van der Waals surface area (Å²) in [5.74, 6) is 6.50. The molecule has 24 heavy (non-hydrogen) atoms.